The number of aliphatic imine (C=N–C) groups is 1. The molecule has 0 bridgehead atoms. The quantitative estimate of drug-likeness (QED) is 0.541. The van der Waals surface area contributed by atoms with Crippen LogP contribution in [-0.4, -0.2) is 60.8 Å². The van der Waals surface area contributed by atoms with Crippen LogP contribution in [0.2, 0.25) is 0 Å². The molecular formula is C21H21ClF3N5O3. The number of benzene rings is 1. The summed E-state index contributed by atoms with van der Waals surface area (Å²) in [6.07, 6.45) is -3.16. The Hall–Kier alpha value is -3.34. The lowest BCUT2D eigenvalue weighted by Crippen LogP contribution is -2.33. The molecule has 3 N–H and O–H groups in total. The van der Waals surface area contributed by atoms with E-state index >= 15 is 0 Å². The first-order valence-electron chi connectivity index (χ1n) is 9.86. The summed E-state index contributed by atoms with van der Waals surface area (Å²) in [7, 11) is 0. The lowest BCUT2D eigenvalue weighted by atomic mass is 10.1. The molecule has 1 aromatic rings. The van der Waals surface area contributed by atoms with E-state index in [2.05, 4.69) is 10.3 Å². The molecule has 2 amide bonds. The number of amides is 2. The van der Waals surface area contributed by atoms with Crippen molar-refractivity contribution in [3.05, 3.63) is 51.7 Å². The normalized spacial score (nSPS) is 18.5. The molecule has 12 heteroatoms. The fraction of sp³-hybridized carbons (Fsp3) is 0.333. The molecule has 8 nitrogen and oxygen atoms in total. The van der Waals surface area contributed by atoms with Gasteiger partial charge in [0.1, 0.15) is 24.0 Å². The van der Waals surface area contributed by atoms with Crippen molar-refractivity contribution in [2.24, 2.45) is 4.99 Å². The van der Waals surface area contributed by atoms with E-state index in [0.29, 0.717) is 27.8 Å². The largest absolute Gasteiger partial charge is 0.491 e. The van der Waals surface area contributed by atoms with Gasteiger partial charge in [0, 0.05) is 17.3 Å². The smallest absolute Gasteiger partial charge is 0.315 e. The highest BCUT2D eigenvalue weighted by Gasteiger charge is 2.32. The first-order chi connectivity index (χ1) is 15.6. The molecule has 2 aliphatic rings. The number of carbonyl (C=O) groups excluding carboxylic acids is 2. The molecule has 0 aliphatic carbocycles. The van der Waals surface area contributed by atoms with Crippen LogP contribution in [0, 0.1) is 11.2 Å². The van der Waals surface area contributed by atoms with Crippen LogP contribution >= 0.6 is 11.6 Å². The van der Waals surface area contributed by atoms with E-state index in [4.69, 9.17) is 21.7 Å². The molecule has 33 heavy (non-hydrogen) atoms. The lowest BCUT2D eigenvalue weighted by Gasteiger charge is -2.19. The molecule has 2 heterocycles. The van der Waals surface area contributed by atoms with E-state index in [-0.39, 0.29) is 43.3 Å². The second-order valence-electron chi connectivity index (χ2n) is 7.31. The highest BCUT2D eigenvalue weighted by atomic mass is 35.5. The molecule has 3 rings (SSSR count). The predicted molar refractivity (Wildman–Crippen MR) is 116 cm³/mol. The number of rotatable bonds is 6. The number of likely N-dealkylation sites (tertiary alicyclic amines) is 1. The maximum Gasteiger partial charge on any atom is 0.315 e. The monoisotopic (exact) mass is 483 g/mol. The van der Waals surface area contributed by atoms with E-state index < -0.39 is 24.1 Å². The summed E-state index contributed by atoms with van der Waals surface area (Å²) < 4.78 is 43.6. The number of alkyl halides is 2. The Balaban J connectivity index is 1.75. The molecule has 0 saturated carbocycles. The summed E-state index contributed by atoms with van der Waals surface area (Å²) in [5, 5.41) is 13.8. The SMILES string of the molecule is CC1=N/C(=C2\CN(C(=O)c3ccc(F)cc3OCCNC(=O)C(F)F)CC2=N)NC(C)=C1Cl. The zero-order chi connectivity index (χ0) is 24.3. The zero-order valence-corrected chi connectivity index (χ0v) is 18.5. The topological polar surface area (TPSA) is 107 Å². The van der Waals surface area contributed by atoms with Gasteiger partial charge in [-0.15, -0.1) is 0 Å². The average molecular weight is 484 g/mol. The van der Waals surface area contributed by atoms with Crippen molar-refractivity contribution in [3.63, 3.8) is 0 Å². The first kappa shape index (κ1) is 24.3. The maximum absolute atomic E-state index is 13.7. The second-order valence-corrected chi connectivity index (χ2v) is 7.69. The summed E-state index contributed by atoms with van der Waals surface area (Å²) in [5.41, 5.74) is 2.00. The van der Waals surface area contributed by atoms with Gasteiger partial charge in [-0.3, -0.25) is 9.59 Å². The number of hydrogen-bond donors (Lipinski definition) is 3. The molecule has 0 unspecified atom stereocenters. The number of halogens is 4. The van der Waals surface area contributed by atoms with Crippen LogP contribution in [0.25, 0.3) is 0 Å². The third-order valence-corrected chi connectivity index (χ3v) is 5.46. The minimum absolute atomic E-state index is 0.00563. The number of ether oxygens (including phenoxy) is 1. The Bertz CT molecular complexity index is 1100. The third kappa shape index (κ3) is 5.54. The van der Waals surface area contributed by atoms with Crippen molar-refractivity contribution in [1.82, 2.24) is 15.5 Å². The second kappa shape index (κ2) is 10.1. The van der Waals surface area contributed by atoms with Crippen molar-refractivity contribution in [1.29, 1.82) is 5.41 Å². The molecular weight excluding hydrogens is 463 g/mol. The van der Waals surface area contributed by atoms with Gasteiger partial charge in [-0.05, 0) is 26.0 Å². The van der Waals surface area contributed by atoms with Gasteiger partial charge in [0.15, 0.2) is 0 Å². The minimum atomic E-state index is -3.16. The average Bonchev–Trinajstić information content (AvgIpc) is 3.15. The van der Waals surface area contributed by atoms with Crippen LogP contribution < -0.4 is 15.4 Å². The molecule has 2 aliphatic heterocycles. The van der Waals surface area contributed by atoms with Crippen LogP contribution in [0.5, 0.6) is 5.75 Å². The van der Waals surface area contributed by atoms with Crippen molar-refractivity contribution in [2.75, 3.05) is 26.2 Å². The summed E-state index contributed by atoms with van der Waals surface area (Å²) in [6, 6.07) is 3.33. The summed E-state index contributed by atoms with van der Waals surface area (Å²) in [4.78, 5) is 29.8. The van der Waals surface area contributed by atoms with Gasteiger partial charge < -0.3 is 25.7 Å². The lowest BCUT2D eigenvalue weighted by molar-refractivity contribution is -0.131. The van der Waals surface area contributed by atoms with Crippen LogP contribution in [0.15, 0.2) is 45.3 Å². The summed E-state index contributed by atoms with van der Waals surface area (Å²) >= 11 is 6.14. The Labute approximate surface area is 192 Å². The van der Waals surface area contributed by atoms with Crippen LogP contribution in [0.3, 0.4) is 0 Å². The van der Waals surface area contributed by atoms with Gasteiger partial charge in [-0.1, -0.05) is 11.6 Å². The van der Waals surface area contributed by atoms with Gasteiger partial charge in [0.2, 0.25) is 0 Å². The molecule has 1 aromatic carbocycles. The van der Waals surface area contributed by atoms with E-state index in [9.17, 15) is 22.8 Å². The molecule has 1 saturated heterocycles. The number of allylic oxidation sites excluding steroid dienone is 2. The van der Waals surface area contributed by atoms with Crippen LogP contribution in [0.1, 0.15) is 24.2 Å². The summed E-state index contributed by atoms with van der Waals surface area (Å²) in [5.74, 6) is -2.30. The Morgan fingerprint density at radius 3 is 2.73 bits per heavy atom. The van der Waals surface area contributed by atoms with Crippen LogP contribution in [-0.2, 0) is 4.79 Å². The molecule has 176 valence electrons. The van der Waals surface area contributed by atoms with Crippen molar-refractivity contribution in [2.45, 2.75) is 20.3 Å². The fourth-order valence-electron chi connectivity index (χ4n) is 3.26. The maximum atomic E-state index is 13.7. The van der Waals surface area contributed by atoms with Gasteiger partial charge in [0.05, 0.1) is 41.7 Å². The van der Waals surface area contributed by atoms with Gasteiger partial charge >= 0.3 is 6.43 Å². The molecule has 1 fully saturated rings. The van der Waals surface area contributed by atoms with Gasteiger partial charge in [-0.2, -0.15) is 8.78 Å². The van der Waals surface area contributed by atoms with Crippen molar-refractivity contribution >= 4 is 34.8 Å². The number of carbonyl (C=O) groups is 2. The third-order valence-electron chi connectivity index (χ3n) is 4.90. The standard InChI is InChI=1S/C21H21ClF3N5O3/c1-10-17(22)11(2)29-19(28-10)14-8-30(9-15(14)26)21(32)13-4-3-12(23)7-16(13)33-6-5-27-20(31)18(24)25/h3-4,7,18,26,28H,5-6,8-9H2,1-2H3,(H,27,31)/b19-14+,26-15?. The molecule has 0 radical (unpaired) electrons. The summed E-state index contributed by atoms with van der Waals surface area (Å²) in [6.45, 7) is 3.09. The van der Waals surface area contributed by atoms with Gasteiger partial charge in [0.25, 0.3) is 11.8 Å². The molecule has 0 atom stereocenters. The first-order valence-corrected chi connectivity index (χ1v) is 10.2. The number of nitrogens with zero attached hydrogens (tertiary/aromatic N) is 2. The highest BCUT2D eigenvalue weighted by Crippen LogP contribution is 2.27. The van der Waals surface area contributed by atoms with E-state index in [1.165, 1.54) is 11.0 Å². The van der Waals surface area contributed by atoms with E-state index in [1.807, 2.05) is 5.32 Å². The van der Waals surface area contributed by atoms with E-state index in [1.54, 1.807) is 13.8 Å². The minimum Gasteiger partial charge on any atom is -0.491 e. The zero-order valence-electron chi connectivity index (χ0n) is 17.8. The van der Waals surface area contributed by atoms with Gasteiger partial charge in [-0.25, -0.2) is 9.38 Å². The van der Waals surface area contributed by atoms with Crippen molar-refractivity contribution < 1.29 is 27.5 Å². The number of nitrogens with one attached hydrogen (secondary N) is 3. The highest BCUT2D eigenvalue weighted by molar-refractivity contribution is 6.43. The fourth-order valence-corrected chi connectivity index (χ4v) is 3.35. The van der Waals surface area contributed by atoms with Crippen LogP contribution in [0.4, 0.5) is 13.2 Å². The Morgan fingerprint density at radius 2 is 2.06 bits per heavy atom. The van der Waals surface area contributed by atoms with E-state index in [0.717, 1.165) is 12.1 Å². The Kier molecular flexibility index (Phi) is 7.42. The molecule has 0 spiro atoms. The van der Waals surface area contributed by atoms with Crippen molar-refractivity contribution in [3.8, 4) is 5.75 Å². The number of hydrogen-bond acceptors (Lipinski definition) is 6. The Morgan fingerprint density at radius 1 is 1.33 bits per heavy atom. The predicted octanol–water partition coefficient (Wildman–Crippen LogP) is 2.81. The molecule has 0 aromatic heterocycles.